The molecule has 0 aliphatic carbocycles. The Balaban J connectivity index is 2.36. The van der Waals surface area contributed by atoms with Crippen molar-refractivity contribution < 1.29 is 13.2 Å². The number of nitrogens with one attached hydrogen (secondary N) is 1. The summed E-state index contributed by atoms with van der Waals surface area (Å²) in [6.07, 6.45) is 0. The number of hydrogen-bond donors (Lipinski definition) is 1. The maximum absolute atomic E-state index is 12.8. The first kappa shape index (κ1) is 18.5. The van der Waals surface area contributed by atoms with Crippen LogP contribution in [0.3, 0.4) is 0 Å². The van der Waals surface area contributed by atoms with Crippen LogP contribution >= 0.6 is 0 Å². The van der Waals surface area contributed by atoms with Crippen molar-refractivity contribution in [1.29, 1.82) is 0 Å². The maximum atomic E-state index is 12.8. The van der Waals surface area contributed by atoms with E-state index in [4.69, 9.17) is 4.74 Å². The van der Waals surface area contributed by atoms with Crippen LogP contribution in [0.2, 0.25) is 0 Å². The fraction of sp³-hybridized carbons (Fsp3) is 0.368. The van der Waals surface area contributed by atoms with Crippen molar-refractivity contribution in [2.75, 3.05) is 7.11 Å². The van der Waals surface area contributed by atoms with Crippen LogP contribution in [0.1, 0.15) is 33.4 Å². The molecule has 0 atom stereocenters. The molecule has 0 saturated heterocycles. The molecule has 2 aromatic carbocycles. The van der Waals surface area contributed by atoms with Gasteiger partial charge in [0.05, 0.1) is 12.0 Å². The highest BCUT2D eigenvalue weighted by molar-refractivity contribution is 7.89. The van der Waals surface area contributed by atoms with Gasteiger partial charge in [-0.3, -0.25) is 0 Å². The van der Waals surface area contributed by atoms with E-state index in [1.54, 1.807) is 20.1 Å². The summed E-state index contributed by atoms with van der Waals surface area (Å²) >= 11 is 0. The first-order chi connectivity index (χ1) is 11.2. The molecule has 0 fully saturated rings. The number of methoxy groups -OCH3 is 1. The molecule has 0 unspecified atom stereocenters. The molecule has 2 aromatic rings. The lowest BCUT2D eigenvalue weighted by Crippen LogP contribution is -2.25. The summed E-state index contributed by atoms with van der Waals surface area (Å²) in [5.41, 5.74) is 5.45. The van der Waals surface area contributed by atoms with E-state index in [-0.39, 0.29) is 6.54 Å². The molecular weight excluding hydrogens is 322 g/mol. The van der Waals surface area contributed by atoms with Crippen molar-refractivity contribution in [3.63, 3.8) is 0 Å². The van der Waals surface area contributed by atoms with Crippen molar-refractivity contribution in [3.8, 4) is 5.75 Å². The number of aryl methyl sites for hydroxylation is 3. The quantitative estimate of drug-likeness (QED) is 0.897. The Morgan fingerprint density at radius 2 is 1.50 bits per heavy atom. The van der Waals surface area contributed by atoms with E-state index in [0.29, 0.717) is 16.2 Å². The molecule has 0 radical (unpaired) electrons. The molecule has 24 heavy (non-hydrogen) atoms. The Morgan fingerprint density at radius 1 is 0.917 bits per heavy atom. The van der Waals surface area contributed by atoms with Gasteiger partial charge in [0.25, 0.3) is 0 Å². The molecule has 0 spiro atoms. The number of hydrogen-bond acceptors (Lipinski definition) is 3. The molecule has 2 rings (SSSR count). The lowest BCUT2D eigenvalue weighted by molar-refractivity contribution is 0.410. The van der Waals surface area contributed by atoms with Crippen molar-refractivity contribution in [3.05, 3.63) is 57.6 Å². The average molecular weight is 347 g/mol. The van der Waals surface area contributed by atoms with Crippen molar-refractivity contribution in [2.45, 2.75) is 46.1 Å². The second kappa shape index (κ2) is 6.95. The zero-order chi connectivity index (χ0) is 18.1. The Morgan fingerprint density at radius 3 is 2.04 bits per heavy atom. The standard InChI is InChI=1S/C19H25NO3S/c1-12-7-13(2)9-17(8-12)11-20-24(21,22)19-14(3)10-18(23-6)15(4)16(19)5/h7-10,20H,11H2,1-6H3. The summed E-state index contributed by atoms with van der Waals surface area (Å²) < 4.78 is 33.7. The predicted octanol–water partition coefficient (Wildman–Crippen LogP) is 3.72. The Kier molecular flexibility index (Phi) is 5.35. The molecule has 130 valence electrons. The molecule has 5 heteroatoms. The summed E-state index contributed by atoms with van der Waals surface area (Å²) in [4.78, 5) is 0.338. The van der Waals surface area contributed by atoms with Crippen LogP contribution in [0, 0.1) is 34.6 Å². The SMILES string of the molecule is COc1cc(C)c(S(=O)(=O)NCc2cc(C)cc(C)c2)c(C)c1C. The summed E-state index contributed by atoms with van der Waals surface area (Å²) in [6.45, 7) is 9.76. The Labute approximate surface area is 144 Å². The van der Waals surface area contributed by atoms with Gasteiger partial charge < -0.3 is 4.74 Å². The van der Waals surface area contributed by atoms with E-state index in [1.807, 2.05) is 39.8 Å². The number of ether oxygens (including phenoxy) is 1. The lowest BCUT2D eigenvalue weighted by atomic mass is 10.1. The van der Waals surface area contributed by atoms with E-state index >= 15 is 0 Å². The van der Waals surface area contributed by atoms with Gasteiger partial charge in [-0.05, 0) is 62.9 Å². The van der Waals surface area contributed by atoms with Gasteiger partial charge in [0, 0.05) is 6.54 Å². The minimum absolute atomic E-state index is 0.273. The second-order valence-corrected chi connectivity index (χ2v) is 8.00. The summed E-state index contributed by atoms with van der Waals surface area (Å²) in [5, 5.41) is 0. The number of benzene rings is 2. The number of sulfonamides is 1. The third-order valence-electron chi connectivity index (χ3n) is 4.21. The van der Waals surface area contributed by atoms with E-state index in [0.717, 1.165) is 27.8 Å². The number of rotatable bonds is 5. The Hall–Kier alpha value is -1.85. The normalized spacial score (nSPS) is 11.6. The zero-order valence-corrected chi connectivity index (χ0v) is 16.0. The van der Waals surface area contributed by atoms with Gasteiger partial charge in [0.15, 0.2) is 0 Å². The van der Waals surface area contributed by atoms with Crippen molar-refractivity contribution in [1.82, 2.24) is 4.72 Å². The Bertz CT molecular complexity index is 850. The van der Waals surface area contributed by atoms with Crippen LogP contribution in [0.25, 0.3) is 0 Å². The third-order valence-corrected chi connectivity index (χ3v) is 5.90. The molecule has 0 saturated carbocycles. The van der Waals surface area contributed by atoms with Crippen LogP contribution in [0.4, 0.5) is 0 Å². The van der Waals surface area contributed by atoms with E-state index in [9.17, 15) is 8.42 Å². The van der Waals surface area contributed by atoms with Crippen LogP contribution in [-0.4, -0.2) is 15.5 Å². The molecule has 0 bridgehead atoms. The first-order valence-electron chi connectivity index (χ1n) is 7.87. The first-order valence-corrected chi connectivity index (χ1v) is 9.35. The molecule has 1 N–H and O–H groups in total. The van der Waals surface area contributed by atoms with Gasteiger partial charge >= 0.3 is 0 Å². The molecule has 4 nitrogen and oxygen atoms in total. The average Bonchev–Trinajstić information content (AvgIpc) is 2.48. The van der Waals surface area contributed by atoms with Gasteiger partial charge in [-0.1, -0.05) is 29.3 Å². The third kappa shape index (κ3) is 3.79. The topological polar surface area (TPSA) is 55.4 Å². The van der Waals surface area contributed by atoms with Crippen molar-refractivity contribution >= 4 is 10.0 Å². The largest absolute Gasteiger partial charge is 0.496 e. The fourth-order valence-electron chi connectivity index (χ4n) is 3.07. The smallest absolute Gasteiger partial charge is 0.241 e. The molecule has 0 amide bonds. The van der Waals surface area contributed by atoms with Crippen LogP contribution in [0.5, 0.6) is 5.75 Å². The predicted molar refractivity (Wildman–Crippen MR) is 97.1 cm³/mol. The summed E-state index contributed by atoms with van der Waals surface area (Å²) in [5.74, 6) is 0.707. The maximum Gasteiger partial charge on any atom is 0.241 e. The van der Waals surface area contributed by atoms with Crippen LogP contribution in [0.15, 0.2) is 29.2 Å². The monoisotopic (exact) mass is 347 g/mol. The highest BCUT2D eigenvalue weighted by Crippen LogP contribution is 2.30. The van der Waals surface area contributed by atoms with Gasteiger partial charge in [-0.15, -0.1) is 0 Å². The van der Waals surface area contributed by atoms with Gasteiger partial charge in [0.2, 0.25) is 10.0 Å². The van der Waals surface area contributed by atoms with E-state index < -0.39 is 10.0 Å². The zero-order valence-electron chi connectivity index (χ0n) is 15.1. The summed E-state index contributed by atoms with van der Waals surface area (Å²) in [6, 6.07) is 7.83. The minimum Gasteiger partial charge on any atom is -0.496 e. The fourth-order valence-corrected chi connectivity index (χ4v) is 4.61. The van der Waals surface area contributed by atoms with Gasteiger partial charge in [-0.25, -0.2) is 13.1 Å². The van der Waals surface area contributed by atoms with Crippen molar-refractivity contribution in [2.24, 2.45) is 0 Å². The van der Waals surface area contributed by atoms with Gasteiger partial charge in [-0.2, -0.15) is 0 Å². The molecule has 0 aliphatic rings. The molecule has 0 heterocycles. The van der Waals surface area contributed by atoms with Crippen LogP contribution in [-0.2, 0) is 16.6 Å². The minimum atomic E-state index is -3.60. The lowest BCUT2D eigenvalue weighted by Gasteiger charge is -2.17. The van der Waals surface area contributed by atoms with Crippen LogP contribution < -0.4 is 9.46 Å². The highest BCUT2D eigenvalue weighted by Gasteiger charge is 2.22. The van der Waals surface area contributed by atoms with E-state index in [2.05, 4.69) is 10.8 Å². The second-order valence-electron chi connectivity index (χ2n) is 6.30. The van der Waals surface area contributed by atoms with E-state index in [1.165, 1.54) is 0 Å². The molecule has 0 aromatic heterocycles. The molecule has 0 aliphatic heterocycles. The van der Waals surface area contributed by atoms with Gasteiger partial charge in [0.1, 0.15) is 5.75 Å². The summed E-state index contributed by atoms with van der Waals surface area (Å²) in [7, 11) is -2.01. The molecular formula is C19H25NO3S. The highest BCUT2D eigenvalue weighted by atomic mass is 32.2.